The van der Waals surface area contributed by atoms with E-state index in [0.29, 0.717) is 0 Å². The molecule has 0 radical (unpaired) electrons. The number of anilines is 1. The number of aryl methyl sites for hydroxylation is 1. The number of benzene rings is 1. The van der Waals surface area contributed by atoms with Crippen molar-refractivity contribution in [2.24, 2.45) is 0 Å². The molecule has 1 aromatic carbocycles. The fourth-order valence-corrected chi connectivity index (χ4v) is 2.64. The van der Waals surface area contributed by atoms with Crippen LogP contribution in [0.1, 0.15) is 5.56 Å². The molecule has 1 heterocycles. The Bertz CT molecular complexity index is 636. The molecule has 0 bridgehead atoms. The largest absolute Gasteiger partial charge is 0.368 e. The van der Waals surface area contributed by atoms with Crippen molar-refractivity contribution < 1.29 is 8.42 Å². The summed E-state index contributed by atoms with van der Waals surface area (Å²) in [4.78, 5) is 7.63. The molecule has 0 atom stereocenters. The molecule has 0 saturated carbocycles. The Kier molecular flexibility index (Phi) is 2.81. The van der Waals surface area contributed by atoms with E-state index < -0.39 is 9.84 Å². The van der Waals surface area contributed by atoms with Gasteiger partial charge in [0.05, 0.1) is 17.3 Å². The molecule has 1 aromatic heterocycles. The van der Waals surface area contributed by atoms with Gasteiger partial charge in [-0.05, 0) is 24.6 Å². The number of rotatable bonds is 2. The quantitative estimate of drug-likeness (QED) is 0.864. The lowest BCUT2D eigenvalue weighted by Crippen LogP contribution is -2.05. The molecular formula is C11H11N3O2S. The first-order chi connectivity index (χ1) is 8.00. The zero-order chi connectivity index (χ0) is 12.5. The number of hydrogen-bond donors (Lipinski definition) is 1. The second kappa shape index (κ2) is 4.14. The van der Waals surface area contributed by atoms with Gasteiger partial charge in [0.25, 0.3) is 0 Å². The number of nitrogens with zero attached hydrogens (tertiary/aromatic N) is 2. The molecule has 17 heavy (non-hydrogen) atoms. The smallest absolute Gasteiger partial charge is 0.219 e. The van der Waals surface area contributed by atoms with Crippen LogP contribution in [0, 0.1) is 6.92 Å². The normalized spacial score (nSPS) is 11.4. The van der Waals surface area contributed by atoms with Gasteiger partial charge in [-0.1, -0.05) is 12.1 Å². The van der Waals surface area contributed by atoms with Crippen molar-refractivity contribution in [1.82, 2.24) is 9.97 Å². The third kappa shape index (κ3) is 2.26. The Balaban J connectivity index is 2.54. The first-order valence-corrected chi connectivity index (χ1v) is 6.38. The van der Waals surface area contributed by atoms with Gasteiger partial charge in [-0.2, -0.15) is 0 Å². The molecule has 0 aliphatic carbocycles. The zero-order valence-electron chi connectivity index (χ0n) is 9.16. The number of nitrogens with two attached hydrogens (primary N) is 1. The van der Waals surface area contributed by atoms with E-state index in [4.69, 9.17) is 5.73 Å². The van der Waals surface area contributed by atoms with Crippen LogP contribution in [0.15, 0.2) is 46.5 Å². The van der Waals surface area contributed by atoms with Crippen molar-refractivity contribution in [1.29, 1.82) is 0 Å². The van der Waals surface area contributed by atoms with E-state index in [2.05, 4.69) is 9.97 Å². The Hall–Kier alpha value is -1.95. The summed E-state index contributed by atoms with van der Waals surface area (Å²) in [5.41, 5.74) is 6.19. The molecule has 6 heteroatoms. The molecule has 0 saturated heterocycles. The lowest BCUT2D eigenvalue weighted by atomic mass is 10.2. The Morgan fingerprint density at radius 2 is 1.76 bits per heavy atom. The van der Waals surface area contributed by atoms with E-state index in [1.165, 1.54) is 12.4 Å². The van der Waals surface area contributed by atoms with Gasteiger partial charge in [0, 0.05) is 0 Å². The molecule has 0 aliphatic heterocycles. The fourth-order valence-electron chi connectivity index (χ4n) is 1.38. The molecule has 88 valence electrons. The van der Waals surface area contributed by atoms with Crippen molar-refractivity contribution in [3.05, 3.63) is 42.2 Å². The molecule has 2 aromatic rings. The summed E-state index contributed by atoms with van der Waals surface area (Å²) in [6.07, 6.45) is 2.42. The average molecular weight is 249 g/mol. The van der Waals surface area contributed by atoms with Crippen LogP contribution in [-0.4, -0.2) is 18.4 Å². The van der Waals surface area contributed by atoms with Crippen molar-refractivity contribution >= 4 is 15.8 Å². The van der Waals surface area contributed by atoms with E-state index >= 15 is 0 Å². The van der Waals surface area contributed by atoms with Crippen LogP contribution in [0.2, 0.25) is 0 Å². The predicted octanol–water partition coefficient (Wildman–Crippen LogP) is 1.20. The van der Waals surface area contributed by atoms with Crippen LogP contribution < -0.4 is 5.73 Å². The molecular weight excluding hydrogens is 238 g/mol. The van der Waals surface area contributed by atoms with E-state index in [1.807, 2.05) is 13.0 Å². The highest BCUT2D eigenvalue weighted by Gasteiger charge is 2.18. The molecule has 2 rings (SSSR count). The van der Waals surface area contributed by atoms with Crippen LogP contribution in [0.3, 0.4) is 0 Å². The first-order valence-electron chi connectivity index (χ1n) is 4.89. The van der Waals surface area contributed by atoms with Crippen LogP contribution in [0.5, 0.6) is 0 Å². The van der Waals surface area contributed by atoms with Gasteiger partial charge in [0.15, 0.2) is 0 Å². The second-order valence-electron chi connectivity index (χ2n) is 3.60. The molecule has 0 unspecified atom stereocenters. The lowest BCUT2D eigenvalue weighted by Gasteiger charge is -2.04. The van der Waals surface area contributed by atoms with Crippen LogP contribution in [-0.2, 0) is 9.84 Å². The van der Waals surface area contributed by atoms with Crippen LogP contribution >= 0.6 is 0 Å². The Labute approximate surface area is 99.3 Å². The van der Waals surface area contributed by atoms with Crippen molar-refractivity contribution in [2.75, 3.05) is 5.73 Å². The summed E-state index contributed by atoms with van der Waals surface area (Å²) < 4.78 is 24.4. The highest BCUT2D eigenvalue weighted by Crippen LogP contribution is 2.20. The van der Waals surface area contributed by atoms with Crippen molar-refractivity contribution in [3.63, 3.8) is 0 Å². The maximum Gasteiger partial charge on any atom is 0.219 e. The minimum atomic E-state index is -3.56. The molecule has 0 amide bonds. The maximum absolute atomic E-state index is 12.2. The number of aromatic nitrogens is 2. The van der Waals surface area contributed by atoms with Gasteiger partial charge in [0.1, 0.15) is 4.90 Å². The van der Waals surface area contributed by atoms with Crippen LogP contribution in [0.4, 0.5) is 5.95 Å². The highest BCUT2D eigenvalue weighted by molar-refractivity contribution is 7.91. The van der Waals surface area contributed by atoms with E-state index in [0.717, 1.165) is 5.56 Å². The van der Waals surface area contributed by atoms with Gasteiger partial charge in [-0.3, -0.25) is 0 Å². The number of nitrogen functional groups attached to an aromatic ring is 1. The van der Waals surface area contributed by atoms with Crippen molar-refractivity contribution in [2.45, 2.75) is 16.7 Å². The van der Waals surface area contributed by atoms with E-state index in [9.17, 15) is 8.42 Å². The molecule has 2 N–H and O–H groups in total. The molecule has 0 aliphatic rings. The van der Waals surface area contributed by atoms with Gasteiger partial charge in [-0.15, -0.1) is 0 Å². The summed E-state index contributed by atoms with van der Waals surface area (Å²) in [6, 6.07) is 6.67. The molecule has 5 nitrogen and oxygen atoms in total. The summed E-state index contributed by atoms with van der Waals surface area (Å²) in [7, 11) is -3.56. The summed E-state index contributed by atoms with van der Waals surface area (Å²) in [5, 5.41) is 0. The van der Waals surface area contributed by atoms with Gasteiger partial charge < -0.3 is 5.73 Å². The minimum Gasteiger partial charge on any atom is -0.368 e. The minimum absolute atomic E-state index is 0.0392. The first kappa shape index (κ1) is 11.5. The number of hydrogen-bond acceptors (Lipinski definition) is 5. The maximum atomic E-state index is 12.2. The zero-order valence-corrected chi connectivity index (χ0v) is 9.98. The SMILES string of the molecule is Cc1cccc(S(=O)(=O)c2cnc(N)nc2)c1. The predicted molar refractivity (Wildman–Crippen MR) is 63.1 cm³/mol. The van der Waals surface area contributed by atoms with Gasteiger partial charge >= 0.3 is 0 Å². The Morgan fingerprint density at radius 1 is 1.12 bits per heavy atom. The Morgan fingerprint density at radius 3 is 2.35 bits per heavy atom. The van der Waals surface area contributed by atoms with Gasteiger partial charge in [-0.25, -0.2) is 18.4 Å². The third-order valence-electron chi connectivity index (χ3n) is 2.26. The lowest BCUT2D eigenvalue weighted by molar-refractivity contribution is 0.595. The third-order valence-corrected chi connectivity index (χ3v) is 3.96. The summed E-state index contributed by atoms with van der Waals surface area (Å²) >= 11 is 0. The molecule has 0 fully saturated rings. The standard InChI is InChI=1S/C11H11N3O2S/c1-8-3-2-4-9(5-8)17(15,16)10-6-13-11(12)14-7-10/h2-7H,1H3,(H2,12,13,14). The summed E-state index contributed by atoms with van der Waals surface area (Å²) in [6.45, 7) is 1.83. The summed E-state index contributed by atoms with van der Waals surface area (Å²) in [5.74, 6) is 0.0493. The fraction of sp³-hybridized carbons (Fsp3) is 0.0909. The van der Waals surface area contributed by atoms with Crippen molar-refractivity contribution in [3.8, 4) is 0 Å². The monoisotopic (exact) mass is 249 g/mol. The average Bonchev–Trinajstić information content (AvgIpc) is 2.29. The van der Waals surface area contributed by atoms with Crippen LogP contribution in [0.25, 0.3) is 0 Å². The topological polar surface area (TPSA) is 85.9 Å². The van der Waals surface area contributed by atoms with Gasteiger partial charge in [0.2, 0.25) is 15.8 Å². The number of sulfone groups is 1. The van der Waals surface area contributed by atoms with E-state index in [-0.39, 0.29) is 15.7 Å². The second-order valence-corrected chi connectivity index (χ2v) is 5.55. The highest BCUT2D eigenvalue weighted by atomic mass is 32.2. The molecule has 0 spiro atoms. The van der Waals surface area contributed by atoms with E-state index in [1.54, 1.807) is 18.2 Å².